The molecule has 0 bridgehead atoms. The Labute approximate surface area is 114 Å². The van der Waals surface area contributed by atoms with Gasteiger partial charge in [0.2, 0.25) is 0 Å². The average Bonchev–Trinajstić information content (AvgIpc) is 3.00. The Bertz CT molecular complexity index is 489. The molecule has 104 valence electrons. The van der Waals surface area contributed by atoms with Gasteiger partial charge in [0, 0.05) is 25.8 Å². The molecule has 2 aromatic rings. The fraction of sp³-hybridized carbons (Fsp3) is 0.500. The summed E-state index contributed by atoms with van der Waals surface area (Å²) < 4.78 is 7.40. The number of rotatable bonds is 6. The molecule has 0 aliphatic carbocycles. The quantitative estimate of drug-likeness (QED) is 0.864. The zero-order valence-electron chi connectivity index (χ0n) is 12.0. The third kappa shape index (κ3) is 3.24. The minimum absolute atomic E-state index is 0.227. The first-order chi connectivity index (χ1) is 9.09. The molecule has 0 saturated carbocycles. The number of hydrogen-bond donors (Lipinski definition) is 1. The van der Waals surface area contributed by atoms with Gasteiger partial charge < -0.3 is 9.73 Å². The van der Waals surface area contributed by atoms with Crippen LogP contribution in [-0.2, 0) is 7.05 Å². The summed E-state index contributed by atoms with van der Waals surface area (Å²) in [7, 11) is 6.08. The van der Waals surface area contributed by atoms with Crippen molar-refractivity contribution in [3.63, 3.8) is 0 Å². The molecule has 5 nitrogen and oxygen atoms in total. The van der Waals surface area contributed by atoms with Crippen LogP contribution in [0.4, 0.5) is 0 Å². The lowest BCUT2D eigenvalue weighted by atomic mass is 10.1. The highest BCUT2D eigenvalue weighted by Crippen LogP contribution is 2.19. The molecule has 5 heteroatoms. The van der Waals surface area contributed by atoms with Crippen LogP contribution in [0.1, 0.15) is 30.5 Å². The molecule has 2 rings (SSSR count). The zero-order chi connectivity index (χ0) is 13.8. The van der Waals surface area contributed by atoms with Crippen LogP contribution < -0.4 is 5.32 Å². The third-order valence-corrected chi connectivity index (χ3v) is 3.41. The highest BCUT2D eigenvalue weighted by molar-refractivity contribution is 5.08. The van der Waals surface area contributed by atoms with Crippen LogP contribution in [0.25, 0.3) is 0 Å². The van der Waals surface area contributed by atoms with E-state index >= 15 is 0 Å². The first-order valence-electron chi connectivity index (χ1n) is 6.50. The number of hydrogen-bond acceptors (Lipinski definition) is 4. The molecule has 19 heavy (non-hydrogen) atoms. The van der Waals surface area contributed by atoms with Crippen LogP contribution in [-0.4, -0.2) is 35.3 Å². The van der Waals surface area contributed by atoms with Gasteiger partial charge in [-0.2, -0.15) is 5.10 Å². The molecule has 0 aliphatic rings. The van der Waals surface area contributed by atoms with Gasteiger partial charge in [-0.3, -0.25) is 9.58 Å². The van der Waals surface area contributed by atoms with Crippen LogP contribution in [0.15, 0.2) is 35.1 Å². The summed E-state index contributed by atoms with van der Waals surface area (Å²) in [5, 5.41) is 7.73. The van der Waals surface area contributed by atoms with E-state index in [-0.39, 0.29) is 12.1 Å². The monoisotopic (exact) mass is 262 g/mol. The average molecular weight is 262 g/mol. The van der Waals surface area contributed by atoms with Crippen molar-refractivity contribution in [3.8, 4) is 0 Å². The van der Waals surface area contributed by atoms with Crippen molar-refractivity contribution < 1.29 is 4.42 Å². The van der Waals surface area contributed by atoms with E-state index < -0.39 is 0 Å². The summed E-state index contributed by atoms with van der Waals surface area (Å²) in [6, 6.07) is 6.46. The first kappa shape index (κ1) is 13.8. The van der Waals surface area contributed by atoms with Crippen LogP contribution in [0.2, 0.25) is 0 Å². The van der Waals surface area contributed by atoms with Crippen molar-refractivity contribution in [1.82, 2.24) is 20.0 Å². The molecule has 0 aliphatic heterocycles. The Morgan fingerprint density at radius 2 is 2.21 bits per heavy atom. The molecule has 2 unspecified atom stereocenters. The van der Waals surface area contributed by atoms with Gasteiger partial charge in [-0.05, 0) is 39.2 Å². The molecule has 0 aromatic carbocycles. The zero-order valence-corrected chi connectivity index (χ0v) is 12.0. The molecule has 0 fully saturated rings. The topological polar surface area (TPSA) is 46.2 Å². The fourth-order valence-corrected chi connectivity index (χ4v) is 2.22. The summed E-state index contributed by atoms with van der Waals surface area (Å²) in [5.74, 6) is 0.981. The third-order valence-electron chi connectivity index (χ3n) is 3.41. The van der Waals surface area contributed by atoms with E-state index in [0.29, 0.717) is 0 Å². The van der Waals surface area contributed by atoms with Gasteiger partial charge in [0.05, 0.1) is 18.0 Å². The highest BCUT2D eigenvalue weighted by atomic mass is 16.3. The second kappa shape index (κ2) is 6.04. The van der Waals surface area contributed by atoms with Crippen LogP contribution in [0.5, 0.6) is 0 Å². The second-order valence-electron chi connectivity index (χ2n) is 5.00. The lowest BCUT2D eigenvalue weighted by Crippen LogP contribution is -2.32. The van der Waals surface area contributed by atoms with Crippen molar-refractivity contribution in [2.45, 2.75) is 19.0 Å². The van der Waals surface area contributed by atoms with E-state index in [2.05, 4.69) is 36.3 Å². The second-order valence-corrected chi connectivity index (χ2v) is 5.00. The van der Waals surface area contributed by atoms with Crippen LogP contribution in [0, 0.1) is 0 Å². The first-order valence-corrected chi connectivity index (χ1v) is 6.50. The predicted octanol–water partition coefficient (Wildman–Crippen LogP) is 1.97. The summed E-state index contributed by atoms with van der Waals surface area (Å²) in [6.07, 6.45) is 3.54. The SMILES string of the molecule is CC(NCC(c1ccco1)N(C)C)c1ccnn1C. The minimum Gasteiger partial charge on any atom is -0.468 e. The van der Waals surface area contributed by atoms with Gasteiger partial charge in [0.25, 0.3) is 0 Å². The molecule has 0 spiro atoms. The van der Waals surface area contributed by atoms with E-state index in [9.17, 15) is 0 Å². The summed E-state index contributed by atoms with van der Waals surface area (Å²) in [5.41, 5.74) is 1.18. The van der Waals surface area contributed by atoms with Gasteiger partial charge in [-0.25, -0.2) is 0 Å². The lowest BCUT2D eigenvalue weighted by molar-refractivity contribution is 0.244. The van der Waals surface area contributed by atoms with Crippen LogP contribution in [0.3, 0.4) is 0 Å². The van der Waals surface area contributed by atoms with Gasteiger partial charge in [-0.15, -0.1) is 0 Å². The van der Waals surface area contributed by atoms with E-state index in [1.54, 1.807) is 6.26 Å². The maximum Gasteiger partial charge on any atom is 0.122 e. The van der Waals surface area contributed by atoms with Gasteiger partial charge >= 0.3 is 0 Å². The number of nitrogens with zero attached hydrogens (tertiary/aromatic N) is 3. The normalized spacial score (nSPS) is 14.8. The number of furan rings is 1. The Balaban J connectivity index is 1.98. The smallest absolute Gasteiger partial charge is 0.122 e. The molecule has 2 heterocycles. The Morgan fingerprint density at radius 3 is 2.74 bits per heavy atom. The molecule has 0 radical (unpaired) electrons. The van der Waals surface area contributed by atoms with Crippen molar-refractivity contribution in [2.75, 3.05) is 20.6 Å². The van der Waals surface area contributed by atoms with E-state index in [4.69, 9.17) is 4.42 Å². The minimum atomic E-state index is 0.227. The standard InChI is InChI=1S/C14H22N4O/c1-11(12-7-8-16-18(12)4)15-10-13(17(2)3)14-6-5-9-19-14/h5-9,11,13,15H,10H2,1-4H3. The van der Waals surface area contributed by atoms with Gasteiger partial charge in [0.15, 0.2) is 0 Å². The van der Waals surface area contributed by atoms with Crippen molar-refractivity contribution in [3.05, 3.63) is 42.1 Å². The number of aryl methyl sites for hydroxylation is 1. The van der Waals surface area contributed by atoms with Crippen molar-refractivity contribution in [1.29, 1.82) is 0 Å². The summed E-state index contributed by atoms with van der Waals surface area (Å²) in [4.78, 5) is 2.15. The van der Waals surface area contributed by atoms with E-state index in [1.807, 2.05) is 36.1 Å². The van der Waals surface area contributed by atoms with Crippen LogP contribution >= 0.6 is 0 Å². The van der Waals surface area contributed by atoms with Gasteiger partial charge in [-0.1, -0.05) is 0 Å². The summed E-state index contributed by atoms with van der Waals surface area (Å²) in [6.45, 7) is 2.97. The fourth-order valence-electron chi connectivity index (χ4n) is 2.22. The Kier molecular flexibility index (Phi) is 4.39. The van der Waals surface area contributed by atoms with Gasteiger partial charge in [0.1, 0.15) is 5.76 Å². The Hall–Kier alpha value is -1.59. The van der Waals surface area contributed by atoms with E-state index in [0.717, 1.165) is 12.3 Å². The van der Waals surface area contributed by atoms with Crippen molar-refractivity contribution in [2.24, 2.45) is 7.05 Å². The molecule has 1 N–H and O–H groups in total. The maximum atomic E-state index is 5.50. The molecular weight excluding hydrogens is 240 g/mol. The van der Waals surface area contributed by atoms with Crippen molar-refractivity contribution >= 4 is 0 Å². The molecule has 0 amide bonds. The number of nitrogens with one attached hydrogen (secondary N) is 1. The molecule has 2 atom stereocenters. The predicted molar refractivity (Wildman–Crippen MR) is 74.8 cm³/mol. The van der Waals surface area contributed by atoms with E-state index in [1.165, 1.54) is 5.69 Å². The maximum absolute atomic E-state index is 5.50. The number of likely N-dealkylation sites (N-methyl/N-ethyl adjacent to an activating group) is 1. The largest absolute Gasteiger partial charge is 0.468 e. The molecule has 0 saturated heterocycles. The molecule has 2 aromatic heterocycles. The summed E-state index contributed by atoms with van der Waals surface area (Å²) >= 11 is 0. The highest BCUT2D eigenvalue weighted by Gasteiger charge is 2.18. The Morgan fingerprint density at radius 1 is 1.42 bits per heavy atom. The molecular formula is C14H22N4O. The lowest BCUT2D eigenvalue weighted by Gasteiger charge is -2.24. The number of aromatic nitrogens is 2.